The smallest absolute Gasteiger partial charge is 0.335 e. The molecule has 1 amide bonds. The summed E-state index contributed by atoms with van der Waals surface area (Å²) in [5, 5.41) is 12.0. The molecule has 1 fully saturated rings. The predicted molar refractivity (Wildman–Crippen MR) is 70.9 cm³/mol. The average Bonchev–Trinajstić information content (AvgIpc) is 2.48. The van der Waals surface area contributed by atoms with Crippen LogP contribution in [0.15, 0.2) is 24.3 Å². The van der Waals surface area contributed by atoms with Gasteiger partial charge in [-0.05, 0) is 32.0 Å². The number of hydrogen-bond donors (Lipinski definition) is 3. The van der Waals surface area contributed by atoms with Gasteiger partial charge in [0.1, 0.15) is 5.50 Å². The quantitative estimate of drug-likeness (QED) is 0.706. The lowest BCUT2D eigenvalue weighted by atomic mass is 10.1. The van der Waals surface area contributed by atoms with Crippen molar-refractivity contribution in [3.63, 3.8) is 0 Å². The molecule has 0 spiro atoms. The zero-order valence-corrected chi connectivity index (χ0v) is 10.9. The van der Waals surface area contributed by atoms with E-state index in [4.69, 9.17) is 5.11 Å². The molecule has 1 saturated heterocycles. The van der Waals surface area contributed by atoms with E-state index >= 15 is 0 Å². The van der Waals surface area contributed by atoms with Gasteiger partial charge >= 0.3 is 5.97 Å². The molecule has 1 aromatic rings. The van der Waals surface area contributed by atoms with Crippen molar-refractivity contribution < 1.29 is 14.7 Å². The summed E-state index contributed by atoms with van der Waals surface area (Å²) in [6.45, 7) is 3.53. The third-order valence-corrected chi connectivity index (χ3v) is 3.22. The second kappa shape index (κ2) is 4.29. The Morgan fingerprint density at radius 2 is 2.17 bits per heavy atom. The van der Waals surface area contributed by atoms with E-state index in [-0.39, 0.29) is 11.5 Å². The Labute approximate surface area is 110 Å². The zero-order valence-electron chi connectivity index (χ0n) is 10.0. The summed E-state index contributed by atoms with van der Waals surface area (Å²) in [7, 11) is 0. The minimum atomic E-state index is -1.02. The number of aromatic carboxylic acids is 1. The standard InChI is InChI=1S/C12H14N2O3S/c1-12(2)10(17)14(11(18)13-12)8-5-3-4-7(6-8)9(15)16/h3-6,11,13,18H,1-2H3,(H,15,16). The van der Waals surface area contributed by atoms with Crippen molar-refractivity contribution in [2.45, 2.75) is 24.9 Å². The Balaban J connectivity index is 2.40. The predicted octanol–water partition coefficient (Wildman–Crippen LogP) is 1.31. The normalized spacial score (nSPS) is 22.3. The Bertz CT molecular complexity index is 516. The van der Waals surface area contributed by atoms with E-state index in [1.54, 1.807) is 26.0 Å². The highest BCUT2D eigenvalue weighted by Gasteiger charge is 2.44. The number of rotatable bonds is 2. The van der Waals surface area contributed by atoms with Gasteiger partial charge in [0.05, 0.1) is 11.1 Å². The van der Waals surface area contributed by atoms with Crippen LogP contribution in [0.25, 0.3) is 0 Å². The fourth-order valence-corrected chi connectivity index (χ4v) is 2.47. The van der Waals surface area contributed by atoms with Gasteiger partial charge in [-0.25, -0.2) is 4.79 Å². The van der Waals surface area contributed by atoms with Crippen LogP contribution in [0.2, 0.25) is 0 Å². The average molecular weight is 266 g/mol. The number of benzene rings is 1. The van der Waals surface area contributed by atoms with Crippen LogP contribution in [0.1, 0.15) is 24.2 Å². The Hall–Kier alpha value is -1.53. The Morgan fingerprint density at radius 1 is 1.50 bits per heavy atom. The minimum absolute atomic E-state index is 0.134. The number of carbonyl (C=O) groups excluding carboxylic acids is 1. The highest BCUT2D eigenvalue weighted by atomic mass is 32.1. The summed E-state index contributed by atoms with van der Waals surface area (Å²) < 4.78 is 0. The first-order chi connectivity index (χ1) is 8.33. The van der Waals surface area contributed by atoms with E-state index in [2.05, 4.69) is 17.9 Å². The molecule has 1 unspecified atom stereocenters. The van der Waals surface area contributed by atoms with Crippen LogP contribution in [-0.2, 0) is 4.79 Å². The van der Waals surface area contributed by atoms with Crippen LogP contribution in [-0.4, -0.2) is 28.0 Å². The van der Waals surface area contributed by atoms with Gasteiger partial charge in [0.2, 0.25) is 5.91 Å². The first-order valence-corrected chi connectivity index (χ1v) is 5.97. The molecule has 0 radical (unpaired) electrons. The van der Waals surface area contributed by atoms with E-state index < -0.39 is 17.0 Å². The maximum Gasteiger partial charge on any atom is 0.335 e. The van der Waals surface area contributed by atoms with Gasteiger partial charge in [-0.15, -0.1) is 12.6 Å². The molecule has 1 atom stereocenters. The van der Waals surface area contributed by atoms with Gasteiger partial charge in [-0.1, -0.05) is 6.07 Å². The molecule has 0 aliphatic carbocycles. The SMILES string of the molecule is CC1(C)NC(S)N(c2cccc(C(=O)O)c2)C1=O. The van der Waals surface area contributed by atoms with Crippen LogP contribution in [0, 0.1) is 0 Å². The van der Waals surface area contributed by atoms with Crippen LogP contribution in [0.4, 0.5) is 5.69 Å². The van der Waals surface area contributed by atoms with Gasteiger partial charge in [0.15, 0.2) is 0 Å². The second-order valence-corrected chi connectivity index (χ2v) is 5.16. The van der Waals surface area contributed by atoms with Crippen LogP contribution < -0.4 is 10.2 Å². The summed E-state index contributed by atoms with van der Waals surface area (Å²) in [5.74, 6) is -1.16. The largest absolute Gasteiger partial charge is 0.478 e. The van der Waals surface area contributed by atoms with Gasteiger partial charge in [0.25, 0.3) is 0 Å². The maximum absolute atomic E-state index is 12.2. The van der Waals surface area contributed by atoms with Crippen molar-refractivity contribution in [2.75, 3.05) is 4.90 Å². The van der Waals surface area contributed by atoms with Crippen LogP contribution in [0.5, 0.6) is 0 Å². The summed E-state index contributed by atoms with van der Waals surface area (Å²) >= 11 is 4.30. The number of nitrogens with one attached hydrogen (secondary N) is 1. The zero-order chi connectivity index (χ0) is 13.5. The molecule has 0 saturated carbocycles. The second-order valence-electron chi connectivity index (χ2n) is 4.67. The molecule has 6 heteroatoms. The molecule has 5 nitrogen and oxygen atoms in total. The number of nitrogens with zero attached hydrogens (tertiary/aromatic N) is 1. The number of carboxylic acid groups (broad SMARTS) is 1. The third kappa shape index (κ3) is 2.09. The number of carboxylic acids is 1. The molecule has 18 heavy (non-hydrogen) atoms. The van der Waals surface area contributed by atoms with Crippen molar-refractivity contribution in [3.8, 4) is 0 Å². The molecule has 2 rings (SSSR count). The summed E-state index contributed by atoms with van der Waals surface area (Å²) in [6.07, 6.45) is 0. The molecule has 1 aromatic carbocycles. The van der Waals surface area contributed by atoms with Gasteiger partial charge in [0, 0.05) is 5.69 Å². The fraction of sp³-hybridized carbons (Fsp3) is 0.333. The van der Waals surface area contributed by atoms with Crippen LogP contribution >= 0.6 is 12.6 Å². The molecule has 96 valence electrons. The topological polar surface area (TPSA) is 69.6 Å². The summed E-state index contributed by atoms with van der Waals surface area (Å²) in [4.78, 5) is 24.6. The van der Waals surface area contributed by atoms with Crippen molar-refractivity contribution in [1.82, 2.24) is 5.32 Å². The van der Waals surface area contributed by atoms with Crippen molar-refractivity contribution >= 4 is 30.2 Å². The molecule has 1 heterocycles. The number of thiol groups is 1. The highest BCUT2D eigenvalue weighted by molar-refractivity contribution is 7.81. The lowest BCUT2D eigenvalue weighted by Gasteiger charge is -2.20. The molecule has 0 aromatic heterocycles. The first-order valence-electron chi connectivity index (χ1n) is 5.46. The van der Waals surface area contributed by atoms with E-state index in [1.807, 2.05) is 0 Å². The van der Waals surface area contributed by atoms with E-state index in [1.165, 1.54) is 17.0 Å². The maximum atomic E-state index is 12.2. The van der Waals surface area contributed by atoms with Crippen LogP contribution in [0.3, 0.4) is 0 Å². The lowest BCUT2D eigenvalue weighted by molar-refractivity contribution is -0.121. The third-order valence-electron chi connectivity index (χ3n) is 2.86. The van der Waals surface area contributed by atoms with Crippen molar-refractivity contribution in [2.24, 2.45) is 0 Å². The van der Waals surface area contributed by atoms with E-state index in [0.29, 0.717) is 5.69 Å². The lowest BCUT2D eigenvalue weighted by Crippen LogP contribution is -2.40. The molecule has 0 bridgehead atoms. The molecule has 1 aliphatic rings. The molecular formula is C12H14N2O3S. The highest BCUT2D eigenvalue weighted by Crippen LogP contribution is 2.28. The molecule has 2 N–H and O–H groups in total. The summed E-state index contributed by atoms with van der Waals surface area (Å²) in [5.41, 5.74) is -0.494. The first kappa shape index (κ1) is 12.9. The Morgan fingerprint density at radius 3 is 2.67 bits per heavy atom. The van der Waals surface area contributed by atoms with E-state index in [0.717, 1.165) is 0 Å². The number of hydrogen-bond acceptors (Lipinski definition) is 4. The fourth-order valence-electron chi connectivity index (χ4n) is 1.91. The number of amides is 1. The van der Waals surface area contributed by atoms with Crippen molar-refractivity contribution in [3.05, 3.63) is 29.8 Å². The van der Waals surface area contributed by atoms with E-state index in [9.17, 15) is 9.59 Å². The number of anilines is 1. The summed E-state index contributed by atoms with van der Waals surface area (Å²) in [6, 6.07) is 6.25. The molecular weight excluding hydrogens is 252 g/mol. The van der Waals surface area contributed by atoms with Gasteiger partial charge in [-0.2, -0.15) is 0 Å². The monoisotopic (exact) mass is 266 g/mol. The van der Waals surface area contributed by atoms with Gasteiger partial charge < -0.3 is 5.11 Å². The Kier molecular flexibility index (Phi) is 3.08. The minimum Gasteiger partial charge on any atom is -0.478 e. The number of carbonyl (C=O) groups is 2. The molecule has 1 aliphatic heterocycles. The van der Waals surface area contributed by atoms with Crippen molar-refractivity contribution in [1.29, 1.82) is 0 Å². The van der Waals surface area contributed by atoms with Gasteiger partial charge in [-0.3, -0.25) is 15.0 Å².